The molecule has 0 spiro atoms. The summed E-state index contributed by atoms with van der Waals surface area (Å²) in [5.41, 5.74) is 5.20. The lowest BCUT2D eigenvalue weighted by atomic mass is 10.2. The average Bonchev–Trinajstić information content (AvgIpc) is 2.25. The van der Waals surface area contributed by atoms with Crippen molar-refractivity contribution in [2.45, 2.75) is 25.3 Å². The number of imide groups is 1. The maximum atomic E-state index is 11.2. The third-order valence-electron chi connectivity index (χ3n) is 2.21. The van der Waals surface area contributed by atoms with Gasteiger partial charge in [0.1, 0.15) is 16.4 Å². The highest BCUT2D eigenvalue weighted by atomic mass is 32.2. The number of amides is 3. The summed E-state index contributed by atoms with van der Waals surface area (Å²) in [5, 5.41) is 11.4. The Kier molecular flexibility index (Phi) is 5.44. The molecule has 0 saturated carbocycles. The molecule has 0 saturated heterocycles. The Morgan fingerprint density at radius 3 is 2.50 bits per heavy atom. The van der Waals surface area contributed by atoms with Gasteiger partial charge in [0.2, 0.25) is 5.91 Å². The number of aryl methyl sites for hydroxylation is 2. The monoisotopic (exact) mass is 298 g/mol. The first-order valence-electron chi connectivity index (χ1n) is 5.62. The summed E-state index contributed by atoms with van der Waals surface area (Å²) < 4.78 is 0. The molecular formula is C11H14N4O4S. The Labute approximate surface area is 119 Å². The highest BCUT2D eigenvalue weighted by Crippen LogP contribution is 2.23. The van der Waals surface area contributed by atoms with E-state index >= 15 is 0 Å². The van der Waals surface area contributed by atoms with Crippen molar-refractivity contribution in [2.75, 3.05) is 5.75 Å². The van der Waals surface area contributed by atoms with E-state index in [-0.39, 0.29) is 17.7 Å². The van der Waals surface area contributed by atoms with Crippen molar-refractivity contribution in [3.63, 3.8) is 0 Å². The SMILES string of the molecule is Cc1nc(C)c(C(=O)O)c(SCCC(=O)NC(N)=O)n1. The van der Waals surface area contributed by atoms with E-state index in [1.807, 2.05) is 5.32 Å². The minimum absolute atomic E-state index is 0.0226. The molecule has 1 heterocycles. The van der Waals surface area contributed by atoms with Crippen molar-refractivity contribution in [1.82, 2.24) is 15.3 Å². The number of aromatic nitrogens is 2. The molecule has 9 heteroatoms. The fourth-order valence-corrected chi connectivity index (χ4v) is 2.53. The molecule has 8 nitrogen and oxygen atoms in total. The molecule has 1 aromatic heterocycles. The fourth-order valence-electron chi connectivity index (χ4n) is 1.47. The quantitative estimate of drug-likeness (QED) is 0.531. The number of carbonyl (C=O) groups excluding carboxylic acids is 2. The first-order chi connectivity index (χ1) is 9.31. The number of nitrogens with two attached hydrogens (primary N) is 1. The molecule has 0 fully saturated rings. The Hall–Kier alpha value is -2.16. The zero-order chi connectivity index (χ0) is 15.3. The maximum absolute atomic E-state index is 11.2. The van der Waals surface area contributed by atoms with E-state index in [1.54, 1.807) is 13.8 Å². The second-order valence-corrected chi connectivity index (χ2v) is 4.94. The molecule has 0 radical (unpaired) electrons. The molecule has 0 aliphatic carbocycles. The molecule has 1 aromatic rings. The van der Waals surface area contributed by atoms with Gasteiger partial charge in [-0.1, -0.05) is 0 Å². The summed E-state index contributed by atoms with van der Waals surface area (Å²) >= 11 is 1.11. The average molecular weight is 298 g/mol. The largest absolute Gasteiger partial charge is 0.478 e. The van der Waals surface area contributed by atoms with Crippen molar-refractivity contribution in [3.05, 3.63) is 17.1 Å². The number of nitrogens with one attached hydrogen (secondary N) is 1. The number of carbonyl (C=O) groups is 3. The Morgan fingerprint density at radius 2 is 1.95 bits per heavy atom. The second kappa shape index (κ2) is 6.85. The van der Waals surface area contributed by atoms with Crippen LogP contribution in [-0.2, 0) is 4.79 Å². The van der Waals surface area contributed by atoms with E-state index in [4.69, 9.17) is 10.8 Å². The molecule has 3 amide bonds. The second-order valence-electron chi connectivity index (χ2n) is 3.85. The van der Waals surface area contributed by atoms with Gasteiger partial charge in [0.05, 0.1) is 5.69 Å². The lowest BCUT2D eigenvalue weighted by Gasteiger charge is -2.08. The van der Waals surface area contributed by atoms with Crippen molar-refractivity contribution in [2.24, 2.45) is 5.73 Å². The normalized spacial score (nSPS) is 10.1. The predicted molar refractivity (Wildman–Crippen MR) is 71.5 cm³/mol. The minimum atomic E-state index is -1.12. The first-order valence-corrected chi connectivity index (χ1v) is 6.60. The molecule has 0 aliphatic rings. The third-order valence-corrected chi connectivity index (χ3v) is 3.19. The summed E-state index contributed by atoms with van der Waals surface area (Å²) in [6.45, 7) is 3.24. The van der Waals surface area contributed by atoms with Crippen LogP contribution in [0, 0.1) is 13.8 Å². The van der Waals surface area contributed by atoms with E-state index in [9.17, 15) is 14.4 Å². The van der Waals surface area contributed by atoms with E-state index in [1.165, 1.54) is 0 Å². The standard InChI is InChI=1S/C11H14N4O4S/c1-5-8(10(17)18)9(14-6(2)13-5)20-4-3-7(16)15-11(12)19/h3-4H2,1-2H3,(H,17,18)(H3,12,15,16,19). The van der Waals surface area contributed by atoms with E-state index < -0.39 is 17.9 Å². The smallest absolute Gasteiger partial charge is 0.340 e. The van der Waals surface area contributed by atoms with Crippen LogP contribution < -0.4 is 11.1 Å². The zero-order valence-corrected chi connectivity index (χ0v) is 11.8. The van der Waals surface area contributed by atoms with Crippen molar-refractivity contribution in [1.29, 1.82) is 0 Å². The van der Waals surface area contributed by atoms with Gasteiger partial charge in [0.15, 0.2) is 0 Å². The summed E-state index contributed by atoms with van der Waals surface area (Å²) in [5.74, 6) is -0.914. The van der Waals surface area contributed by atoms with Crippen LogP contribution in [0.15, 0.2) is 5.03 Å². The summed E-state index contributed by atoms with van der Waals surface area (Å²) in [4.78, 5) is 40.9. The lowest BCUT2D eigenvalue weighted by Crippen LogP contribution is -2.35. The molecule has 20 heavy (non-hydrogen) atoms. The molecule has 0 atom stereocenters. The van der Waals surface area contributed by atoms with Gasteiger partial charge in [-0.25, -0.2) is 19.6 Å². The molecule has 1 rings (SSSR count). The molecule has 0 bridgehead atoms. The van der Waals surface area contributed by atoms with E-state index in [2.05, 4.69) is 9.97 Å². The zero-order valence-electron chi connectivity index (χ0n) is 11.0. The number of hydrogen-bond donors (Lipinski definition) is 3. The molecule has 0 unspecified atom stereocenters. The Balaban J connectivity index is 2.75. The van der Waals surface area contributed by atoms with Gasteiger partial charge in [-0.15, -0.1) is 11.8 Å². The summed E-state index contributed by atoms with van der Waals surface area (Å²) in [6.07, 6.45) is 0.0226. The number of primary amides is 1. The van der Waals surface area contributed by atoms with Crippen LogP contribution in [0.3, 0.4) is 0 Å². The van der Waals surface area contributed by atoms with Crippen LogP contribution in [0.1, 0.15) is 28.3 Å². The predicted octanol–water partition coefficient (Wildman–Crippen LogP) is 0.469. The number of aromatic carboxylic acids is 1. The van der Waals surface area contributed by atoms with Crippen molar-refractivity contribution >= 4 is 29.7 Å². The number of thioether (sulfide) groups is 1. The number of rotatable bonds is 5. The lowest BCUT2D eigenvalue weighted by molar-refractivity contribution is -0.119. The van der Waals surface area contributed by atoms with Crippen molar-refractivity contribution in [3.8, 4) is 0 Å². The van der Waals surface area contributed by atoms with E-state index in [0.29, 0.717) is 16.5 Å². The number of hydrogen-bond acceptors (Lipinski definition) is 6. The van der Waals surface area contributed by atoms with Crippen LogP contribution >= 0.6 is 11.8 Å². The van der Waals surface area contributed by atoms with Crippen LogP contribution in [0.2, 0.25) is 0 Å². The highest BCUT2D eigenvalue weighted by molar-refractivity contribution is 7.99. The number of urea groups is 1. The fraction of sp³-hybridized carbons (Fsp3) is 0.364. The molecule has 0 aliphatic heterocycles. The van der Waals surface area contributed by atoms with Crippen molar-refractivity contribution < 1.29 is 19.5 Å². The Bertz CT molecular complexity index is 562. The number of carboxylic acids is 1. The van der Waals surface area contributed by atoms with Crippen LogP contribution in [0.25, 0.3) is 0 Å². The van der Waals surface area contributed by atoms with Gasteiger partial charge in [-0.2, -0.15) is 0 Å². The molecule has 4 N–H and O–H groups in total. The Morgan fingerprint density at radius 1 is 1.30 bits per heavy atom. The van der Waals surface area contributed by atoms with Gasteiger partial charge < -0.3 is 10.8 Å². The summed E-state index contributed by atoms with van der Waals surface area (Å²) in [6, 6.07) is -0.917. The van der Waals surface area contributed by atoms with Gasteiger partial charge >= 0.3 is 12.0 Å². The topological polar surface area (TPSA) is 135 Å². The minimum Gasteiger partial charge on any atom is -0.478 e. The highest BCUT2D eigenvalue weighted by Gasteiger charge is 2.17. The van der Waals surface area contributed by atoms with Gasteiger partial charge in [0.25, 0.3) is 0 Å². The summed E-state index contributed by atoms with van der Waals surface area (Å²) in [7, 11) is 0. The van der Waals surface area contributed by atoms with Gasteiger partial charge in [0, 0.05) is 12.2 Å². The maximum Gasteiger partial charge on any atom is 0.340 e. The molecule has 108 valence electrons. The van der Waals surface area contributed by atoms with Crippen LogP contribution in [0.4, 0.5) is 4.79 Å². The molecular weight excluding hydrogens is 284 g/mol. The first kappa shape index (κ1) is 15.9. The molecule has 0 aromatic carbocycles. The van der Waals surface area contributed by atoms with Gasteiger partial charge in [-0.05, 0) is 13.8 Å². The van der Waals surface area contributed by atoms with Gasteiger partial charge in [-0.3, -0.25) is 10.1 Å². The van der Waals surface area contributed by atoms with Crippen LogP contribution in [-0.4, -0.2) is 38.7 Å². The number of carboxylic acid groups (broad SMARTS) is 1. The third kappa shape index (κ3) is 4.50. The van der Waals surface area contributed by atoms with Crippen LogP contribution in [0.5, 0.6) is 0 Å². The van der Waals surface area contributed by atoms with E-state index in [0.717, 1.165) is 11.8 Å². The number of nitrogens with zero attached hydrogens (tertiary/aromatic N) is 2.